The normalized spacial score (nSPS) is 31.4. The Bertz CT molecular complexity index is 378. The van der Waals surface area contributed by atoms with E-state index in [0.717, 1.165) is 19.3 Å². The van der Waals surface area contributed by atoms with E-state index < -0.39 is 11.0 Å². The smallest absolute Gasteiger partial charge is 0.315 e. The molecule has 0 aromatic carbocycles. The van der Waals surface area contributed by atoms with Gasteiger partial charge in [-0.1, -0.05) is 18.1 Å². The zero-order valence-electron chi connectivity index (χ0n) is 12.4. The number of hydrogen-bond donors (Lipinski definition) is 1. The summed E-state index contributed by atoms with van der Waals surface area (Å²) in [5.74, 6) is 0.224. The van der Waals surface area contributed by atoms with Gasteiger partial charge >= 0.3 is 5.97 Å². The van der Waals surface area contributed by atoms with Gasteiger partial charge in [0.25, 0.3) is 0 Å². The van der Waals surface area contributed by atoms with E-state index in [4.69, 9.17) is 4.74 Å². The lowest BCUT2D eigenvalue weighted by Gasteiger charge is -2.46. The third kappa shape index (κ3) is 2.58. The van der Waals surface area contributed by atoms with Gasteiger partial charge in [-0.15, -0.1) is 0 Å². The van der Waals surface area contributed by atoms with Gasteiger partial charge in [0.2, 0.25) is 0 Å². The third-order valence-corrected chi connectivity index (χ3v) is 4.94. The molecule has 2 aliphatic rings. The van der Waals surface area contributed by atoms with Gasteiger partial charge in [-0.05, 0) is 58.8 Å². The van der Waals surface area contributed by atoms with Crippen molar-refractivity contribution >= 4 is 5.97 Å². The highest BCUT2D eigenvalue weighted by molar-refractivity contribution is 5.79. The van der Waals surface area contributed by atoms with Gasteiger partial charge in [-0.25, -0.2) is 0 Å². The molecule has 0 aromatic heterocycles. The van der Waals surface area contributed by atoms with Gasteiger partial charge in [0.05, 0.1) is 12.2 Å². The minimum absolute atomic E-state index is 0.233. The second-order valence-electron chi connectivity index (χ2n) is 6.49. The number of rotatable bonds is 3. The summed E-state index contributed by atoms with van der Waals surface area (Å²) in [6, 6.07) is 0. The van der Waals surface area contributed by atoms with Crippen LogP contribution in [0, 0.1) is 11.3 Å². The molecule has 0 radical (unpaired) electrons. The molecular weight excluding hydrogens is 240 g/mol. The molecule has 0 amide bonds. The fourth-order valence-corrected chi connectivity index (χ4v) is 3.61. The van der Waals surface area contributed by atoms with Crippen LogP contribution in [0.3, 0.4) is 0 Å². The van der Waals surface area contributed by atoms with E-state index in [2.05, 4.69) is 6.08 Å². The number of carbonyl (C=O) groups excluding carboxylic acids is 1. The minimum Gasteiger partial charge on any atom is -0.465 e. The topological polar surface area (TPSA) is 46.5 Å². The number of hydrogen-bond acceptors (Lipinski definition) is 3. The summed E-state index contributed by atoms with van der Waals surface area (Å²) in [7, 11) is 0. The Labute approximate surface area is 116 Å². The standard InChI is InChI=1S/C16H26O3/c1-4-19-14(17)16(15(2,3)18)10-9-12-7-5-6-8-13(12)11-16/h9,13,18H,4-8,10-11H2,1-3H3. The van der Waals surface area contributed by atoms with Gasteiger partial charge in [0, 0.05) is 0 Å². The zero-order chi connectivity index (χ0) is 14.1. The average molecular weight is 266 g/mol. The van der Waals surface area contributed by atoms with Crippen LogP contribution in [0.25, 0.3) is 0 Å². The molecule has 19 heavy (non-hydrogen) atoms. The highest BCUT2D eigenvalue weighted by Gasteiger charge is 2.53. The van der Waals surface area contributed by atoms with Crippen molar-refractivity contribution in [1.29, 1.82) is 0 Å². The Morgan fingerprint density at radius 2 is 2.26 bits per heavy atom. The number of fused-ring (bicyclic) bond motifs is 1. The van der Waals surface area contributed by atoms with Gasteiger partial charge in [0.15, 0.2) is 0 Å². The lowest BCUT2D eigenvalue weighted by atomic mass is 9.60. The van der Waals surface area contributed by atoms with Crippen molar-refractivity contribution in [2.75, 3.05) is 6.61 Å². The Hall–Kier alpha value is -0.830. The van der Waals surface area contributed by atoms with Crippen LogP contribution in [0.1, 0.15) is 59.3 Å². The van der Waals surface area contributed by atoms with Gasteiger partial charge in [-0.3, -0.25) is 4.79 Å². The van der Waals surface area contributed by atoms with Crippen LogP contribution in [0.5, 0.6) is 0 Å². The first-order valence-electron chi connectivity index (χ1n) is 7.49. The van der Waals surface area contributed by atoms with Crippen molar-refractivity contribution in [2.45, 2.75) is 64.9 Å². The maximum absolute atomic E-state index is 12.4. The monoisotopic (exact) mass is 266 g/mol. The molecule has 0 spiro atoms. The van der Waals surface area contributed by atoms with E-state index in [-0.39, 0.29) is 5.97 Å². The first-order valence-corrected chi connectivity index (χ1v) is 7.49. The zero-order valence-corrected chi connectivity index (χ0v) is 12.4. The SMILES string of the molecule is CCOC(=O)C1(C(C)(C)O)CC=C2CCCCC2C1. The molecule has 2 aliphatic carbocycles. The first-order chi connectivity index (χ1) is 8.90. The molecule has 2 rings (SSSR count). The van der Waals surface area contributed by atoms with Crippen molar-refractivity contribution in [2.24, 2.45) is 11.3 Å². The molecular formula is C16H26O3. The fraction of sp³-hybridized carbons (Fsp3) is 0.812. The van der Waals surface area contributed by atoms with Crippen molar-refractivity contribution in [3.05, 3.63) is 11.6 Å². The maximum Gasteiger partial charge on any atom is 0.315 e. The molecule has 3 nitrogen and oxygen atoms in total. The largest absolute Gasteiger partial charge is 0.465 e. The number of ether oxygens (including phenoxy) is 1. The summed E-state index contributed by atoms with van der Waals surface area (Å²) < 4.78 is 5.26. The van der Waals surface area contributed by atoms with Gasteiger partial charge in [0.1, 0.15) is 5.41 Å². The first kappa shape index (κ1) is 14.6. The molecule has 0 bridgehead atoms. The molecule has 2 unspecified atom stereocenters. The summed E-state index contributed by atoms with van der Waals surface area (Å²) in [5, 5.41) is 10.6. The summed E-state index contributed by atoms with van der Waals surface area (Å²) in [5.41, 5.74) is -0.316. The molecule has 1 fully saturated rings. The predicted octanol–water partition coefficient (Wildman–Crippen LogP) is 3.22. The van der Waals surface area contributed by atoms with Gasteiger partial charge in [-0.2, -0.15) is 0 Å². The van der Waals surface area contributed by atoms with Crippen LogP contribution in [0.15, 0.2) is 11.6 Å². The molecule has 108 valence electrons. The molecule has 0 aromatic rings. The Morgan fingerprint density at radius 1 is 1.53 bits per heavy atom. The van der Waals surface area contributed by atoms with Crippen molar-refractivity contribution in [1.82, 2.24) is 0 Å². The van der Waals surface area contributed by atoms with Crippen LogP contribution in [-0.4, -0.2) is 23.3 Å². The van der Waals surface area contributed by atoms with Crippen LogP contribution in [0.2, 0.25) is 0 Å². The molecule has 0 saturated heterocycles. The molecule has 1 N–H and O–H groups in total. The number of carbonyl (C=O) groups is 1. The lowest BCUT2D eigenvalue weighted by molar-refractivity contribution is -0.174. The quantitative estimate of drug-likeness (QED) is 0.630. The van der Waals surface area contributed by atoms with E-state index in [9.17, 15) is 9.90 Å². The lowest BCUT2D eigenvalue weighted by Crippen LogP contribution is -2.52. The molecule has 0 aliphatic heterocycles. The highest BCUT2D eigenvalue weighted by atomic mass is 16.5. The van der Waals surface area contributed by atoms with Crippen LogP contribution in [0.4, 0.5) is 0 Å². The van der Waals surface area contributed by atoms with Crippen molar-refractivity contribution in [3.63, 3.8) is 0 Å². The van der Waals surface area contributed by atoms with Crippen molar-refractivity contribution in [3.8, 4) is 0 Å². The number of allylic oxidation sites excluding steroid dienone is 2. The van der Waals surface area contributed by atoms with Gasteiger partial charge < -0.3 is 9.84 Å². The summed E-state index contributed by atoms with van der Waals surface area (Å²) >= 11 is 0. The summed E-state index contributed by atoms with van der Waals surface area (Å²) in [6.07, 6.45) is 8.34. The van der Waals surface area contributed by atoms with Crippen LogP contribution >= 0.6 is 0 Å². The molecule has 1 saturated carbocycles. The summed E-state index contributed by atoms with van der Waals surface area (Å²) in [6.45, 7) is 5.68. The summed E-state index contributed by atoms with van der Waals surface area (Å²) in [4.78, 5) is 12.4. The Morgan fingerprint density at radius 3 is 2.89 bits per heavy atom. The minimum atomic E-state index is -1.04. The molecule has 2 atom stereocenters. The van der Waals surface area contributed by atoms with Crippen LogP contribution in [-0.2, 0) is 9.53 Å². The molecule has 0 heterocycles. The van der Waals surface area contributed by atoms with E-state index in [1.54, 1.807) is 13.8 Å². The molecule has 3 heteroatoms. The third-order valence-electron chi connectivity index (χ3n) is 4.94. The second kappa shape index (κ2) is 5.28. The van der Waals surface area contributed by atoms with E-state index in [0.29, 0.717) is 18.9 Å². The predicted molar refractivity (Wildman–Crippen MR) is 74.6 cm³/mol. The average Bonchev–Trinajstić information content (AvgIpc) is 2.37. The number of aliphatic hydroxyl groups is 1. The maximum atomic E-state index is 12.4. The van der Waals surface area contributed by atoms with Crippen molar-refractivity contribution < 1.29 is 14.6 Å². The Kier molecular flexibility index (Phi) is 4.05. The highest BCUT2D eigenvalue weighted by Crippen LogP contribution is 2.50. The second-order valence-corrected chi connectivity index (χ2v) is 6.49. The Balaban J connectivity index is 2.31. The van der Waals surface area contributed by atoms with E-state index >= 15 is 0 Å². The fourth-order valence-electron chi connectivity index (χ4n) is 3.61. The number of esters is 1. The van der Waals surface area contributed by atoms with Crippen LogP contribution < -0.4 is 0 Å². The van der Waals surface area contributed by atoms with E-state index in [1.165, 1.54) is 18.4 Å². The van der Waals surface area contributed by atoms with E-state index in [1.807, 2.05) is 6.92 Å².